The molecule has 0 unspecified atom stereocenters. The van der Waals surface area contributed by atoms with E-state index in [0.29, 0.717) is 5.69 Å². The van der Waals surface area contributed by atoms with E-state index in [1.807, 2.05) is 13.1 Å². The molecule has 0 radical (unpaired) electrons. The van der Waals surface area contributed by atoms with Crippen molar-refractivity contribution in [1.29, 1.82) is 0 Å². The topological polar surface area (TPSA) is 33.2 Å². The standard InChI is InChI=1S/C16H18N2O/c1-11-5-8-16(12(2)9-11)18(4)14-6-7-15(13(3)19)17-10-14/h5-10H,1-4H3. The SMILES string of the molecule is CC(=O)c1ccc(N(C)c2ccc(C)cc2C)cn1. The Morgan fingerprint density at radius 1 is 1.16 bits per heavy atom. The zero-order valence-corrected chi connectivity index (χ0v) is 11.8. The molecule has 0 N–H and O–H groups in total. The molecule has 3 heteroatoms. The second-order valence-electron chi connectivity index (χ2n) is 4.81. The molecule has 0 amide bonds. The largest absolute Gasteiger partial charge is 0.343 e. The lowest BCUT2D eigenvalue weighted by atomic mass is 10.1. The highest BCUT2D eigenvalue weighted by Gasteiger charge is 2.08. The molecule has 1 heterocycles. The van der Waals surface area contributed by atoms with Gasteiger partial charge in [-0.3, -0.25) is 9.78 Å². The van der Waals surface area contributed by atoms with Gasteiger partial charge in [0.25, 0.3) is 0 Å². The van der Waals surface area contributed by atoms with Crippen LogP contribution >= 0.6 is 0 Å². The third-order valence-electron chi connectivity index (χ3n) is 3.21. The monoisotopic (exact) mass is 254 g/mol. The van der Waals surface area contributed by atoms with E-state index in [-0.39, 0.29) is 5.78 Å². The highest BCUT2D eigenvalue weighted by atomic mass is 16.1. The van der Waals surface area contributed by atoms with Crippen LogP contribution in [0.4, 0.5) is 11.4 Å². The second-order valence-corrected chi connectivity index (χ2v) is 4.81. The molecular formula is C16H18N2O. The molecule has 0 bridgehead atoms. The van der Waals surface area contributed by atoms with Gasteiger partial charge in [0.05, 0.1) is 11.9 Å². The van der Waals surface area contributed by atoms with Gasteiger partial charge in [0, 0.05) is 19.7 Å². The van der Waals surface area contributed by atoms with E-state index in [1.54, 1.807) is 12.3 Å². The van der Waals surface area contributed by atoms with E-state index in [0.717, 1.165) is 11.4 Å². The van der Waals surface area contributed by atoms with Gasteiger partial charge < -0.3 is 4.90 Å². The molecule has 2 rings (SSSR count). The van der Waals surface area contributed by atoms with Gasteiger partial charge in [0.1, 0.15) is 5.69 Å². The van der Waals surface area contributed by atoms with E-state index >= 15 is 0 Å². The van der Waals surface area contributed by atoms with E-state index < -0.39 is 0 Å². The van der Waals surface area contributed by atoms with Gasteiger partial charge in [-0.25, -0.2) is 0 Å². The molecule has 98 valence electrons. The van der Waals surface area contributed by atoms with Crippen LogP contribution in [0, 0.1) is 13.8 Å². The van der Waals surface area contributed by atoms with Crippen molar-refractivity contribution in [2.75, 3.05) is 11.9 Å². The summed E-state index contributed by atoms with van der Waals surface area (Å²) in [5.74, 6) is -0.0132. The fourth-order valence-electron chi connectivity index (χ4n) is 2.11. The van der Waals surface area contributed by atoms with Crippen LogP contribution in [0.5, 0.6) is 0 Å². The maximum atomic E-state index is 11.2. The van der Waals surface area contributed by atoms with Crippen LogP contribution in [0.15, 0.2) is 36.5 Å². The molecule has 3 nitrogen and oxygen atoms in total. The third-order valence-corrected chi connectivity index (χ3v) is 3.21. The number of aromatic nitrogens is 1. The quantitative estimate of drug-likeness (QED) is 0.783. The van der Waals surface area contributed by atoms with E-state index in [9.17, 15) is 4.79 Å². The van der Waals surface area contributed by atoms with Gasteiger partial charge in [0.15, 0.2) is 5.78 Å². The van der Waals surface area contributed by atoms with Crippen molar-refractivity contribution in [2.45, 2.75) is 20.8 Å². The van der Waals surface area contributed by atoms with Gasteiger partial charge >= 0.3 is 0 Å². The van der Waals surface area contributed by atoms with E-state index in [4.69, 9.17) is 0 Å². The lowest BCUT2D eigenvalue weighted by Crippen LogP contribution is -2.11. The van der Waals surface area contributed by atoms with Gasteiger partial charge in [-0.1, -0.05) is 17.7 Å². The lowest BCUT2D eigenvalue weighted by Gasteiger charge is -2.21. The molecule has 1 aromatic heterocycles. The molecule has 0 spiro atoms. The van der Waals surface area contributed by atoms with Crippen molar-refractivity contribution in [2.24, 2.45) is 0 Å². The van der Waals surface area contributed by atoms with Crippen LogP contribution < -0.4 is 4.90 Å². The predicted octanol–water partition coefficient (Wildman–Crippen LogP) is 3.67. The van der Waals surface area contributed by atoms with Crippen LogP contribution in [-0.4, -0.2) is 17.8 Å². The van der Waals surface area contributed by atoms with Crippen molar-refractivity contribution in [3.63, 3.8) is 0 Å². The Labute approximate surface area is 113 Å². The van der Waals surface area contributed by atoms with Crippen LogP contribution in [-0.2, 0) is 0 Å². The Morgan fingerprint density at radius 2 is 1.89 bits per heavy atom. The summed E-state index contributed by atoms with van der Waals surface area (Å²) >= 11 is 0. The molecule has 0 fully saturated rings. The fourth-order valence-corrected chi connectivity index (χ4v) is 2.11. The highest BCUT2D eigenvalue weighted by Crippen LogP contribution is 2.26. The normalized spacial score (nSPS) is 10.3. The number of benzene rings is 1. The number of rotatable bonds is 3. The Balaban J connectivity index is 2.33. The highest BCUT2D eigenvalue weighted by molar-refractivity contribution is 5.92. The summed E-state index contributed by atoms with van der Waals surface area (Å²) in [5.41, 5.74) is 5.08. The van der Waals surface area contributed by atoms with Gasteiger partial charge in [-0.15, -0.1) is 0 Å². The summed E-state index contributed by atoms with van der Waals surface area (Å²) in [4.78, 5) is 17.5. The maximum Gasteiger partial charge on any atom is 0.178 e. The molecular weight excluding hydrogens is 236 g/mol. The van der Waals surface area contributed by atoms with Crippen molar-refractivity contribution in [3.8, 4) is 0 Å². The number of hydrogen-bond donors (Lipinski definition) is 0. The zero-order chi connectivity index (χ0) is 14.0. The minimum absolute atomic E-state index is 0.0132. The number of carbonyl (C=O) groups is 1. The van der Waals surface area contributed by atoms with Crippen molar-refractivity contribution in [3.05, 3.63) is 53.3 Å². The van der Waals surface area contributed by atoms with Crippen LogP contribution in [0.2, 0.25) is 0 Å². The van der Waals surface area contributed by atoms with E-state index in [1.165, 1.54) is 18.1 Å². The Morgan fingerprint density at radius 3 is 2.42 bits per heavy atom. The Bertz CT molecular complexity index is 603. The van der Waals surface area contributed by atoms with Crippen molar-refractivity contribution >= 4 is 17.2 Å². The molecule has 19 heavy (non-hydrogen) atoms. The number of ketones is 1. The van der Waals surface area contributed by atoms with Crippen molar-refractivity contribution in [1.82, 2.24) is 4.98 Å². The summed E-state index contributed by atoms with van der Waals surface area (Å²) in [5, 5.41) is 0. The Hall–Kier alpha value is -2.16. The molecule has 1 aromatic carbocycles. The first kappa shape index (κ1) is 13.3. The minimum Gasteiger partial charge on any atom is -0.343 e. The van der Waals surface area contributed by atoms with Crippen LogP contribution in [0.3, 0.4) is 0 Å². The zero-order valence-electron chi connectivity index (χ0n) is 11.8. The fraction of sp³-hybridized carbons (Fsp3) is 0.250. The summed E-state index contributed by atoms with van der Waals surface area (Å²) in [6.07, 6.45) is 1.73. The molecule has 0 saturated heterocycles. The summed E-state index contributed by atoms with van der Waals surface area (Å²) < 4.78 is 0. The summed E-state index contributed by atoms with van der Waals surface area (Å²) in [6, 6.07) is 10.0. The first-order valence-corrected chi connectivity index (χ1v) is 6.27. The summed E-state index contributed by atoms with van der Waals surface area (Å²) in [7, 11) is 2.00. The third kappa shape index (κ3) is 2.81. The maximum absolute atomic E-state index is 11.2. The molecule has 0 aliphatic heterocycles. The Kier molecular flexibility index (Phi) is 3.65. The number of nitrogens with zero attached hydrogens (tertiary/aromatic N) is 2. The van der Waals surface area contributed by atoms with Crippen LogP contribution in [0.1, 0.15) is 28.5 Å². The lowest BCUT2D eigenvalue weighted by molar-refractivity contribution is 0.101. The number of hydrogen-bond acceptors (Lipinski definition) is 3. The molecule has 2 aromatic rings. The van der Waals surface area contributed by atoms with Gasteiger partial charge in [-0.05, 0) is 37.6 Å². The predicted molar refractivity (Wildman–Crippen MR) is 78.2 cm³/mol. The van der Waals surface area contributed by atoms with Gasteiger partial charge in [0.2, 0.25) is 0 Å². The average Bonchev–Trinajstić information content (AvgIpc) is 2.38. The number of aryl methyl sites for hydroxylation is 2. The number of Topliss-reactive ketones (excluding diaryl/α,β-unsaturated/α-hetero) is 1. The minimum atomic E-state index is -0.0132. The summed E-state index contributed by atoms with van der Waals surface area (Å²) in [6.45, 7) is 5.70. The number of anilines is 2. The molecule has 0 aliphatic rings. The molecule has 0 aliphatic carbocycles. The van der Waals surface area contributed by atoms with E-state index in [2.05, 4.69) is 41.9 Å². The number of pyridine rings is 1. The van der Waals surface area contributed by atoms with Crippen LogP contribution in [0.25, 0.3) is 0 Å². The molecule has 0 saturated carbocycles. The molecule has 0 atom stereocenters. The number of carbonyl (C=O) groups excluding carboxylic acids is 1. The van der Waals surface area contributed by atoms with Gasteiger partial charge in [-0.2, -0.15) is 0 Å². The first-order valence-electron chi connectivity index (χ1n) is 6.27. The first-order chi connectivity index (χ1) is 8.99. The smallest absolute Gasteiger partial charge is 0.178 e. The second kappa shape index (κ2) is 5.22. The average molecular weight is 254 g/mol. The van der Waals surface area contributed by atoms with Crippen molar-refractivity contribution < 1.29 is 4.79 Å².